The molecule has 13 unspecified atom stereocenters. The number of nitrogens with one attached hydrogen (secondary N) is 2. The molecule has 5 saturated carbocycles. The molecule has 1 aromatic rings. The van der Waals surface area contributed by atoms with Crippen molar-refractivity contribution in [3.63, 3.8) is 0 Å². The van der Waals surface area contributed by atoms with E-state index in [0.717, 1.165) is 28.3 Å². The van der Waals surface area contributed by atoms with Crippen LogP contribution in [-0.2, 0) is 42.8 Å². The van der Waals surface area contributed by atoms with Gasteiger partial charge in [-0.1, -0.05) is 59.6 Å². The average Bonchev–Trinajstić information content (AvgIpc) is 0.684. The van der Waals surface area contributed by atoms with E-state index in [4.69, 9.17) is 28.4 Å². The van der Waals surface area contributed by atoms with Gasteiger partial charge in [0.2, 0.25) is 12.2 Å². The van der Waals surface area contributed by atoms with Gasteiger partial charge in [0.05, 0.1) is 43.0 Å². The summed E-state index contributed by atoms with van der Waals surface area (Å²) in [5.41, 5.74) is -2.65. The van der Waals surface area contributed by atoms with Crippen LogP contribution in [0.3, 0.4) is 0 Å². The lowest BCUT2D eigenvalue weighted by Crippen LogP contribution is -2.86. The van der Waals surface area contributed by atoms with E-state index in [1.165, 1.54) is 6.92 Å². The van der Waals surface area contributed by atoms with Gasteiger partial charge >= 0.3 is 5.97 Å². The third-order valence-electron chi connectivity index (χ3n) is 23.0. The molecule has 458 valence electrons. The standard InChI is InChI=1S/C60H87IN2O19/c1-29-47(80-50-45(73)42(70)34(66)27-77-50)44(72)46(74)51(78-29)81-48-43(71)41(63-40(69)11-9-8-10-22-62-49(75)30-12-14-31(61)15-13-30)35(26-64)79-52(48)82-53(76)59-21-20-54(2,3)23-33(59)32-16-17-36-55(4,56(32,5)24-38(59)67)19-18-37-58(36,7)57(6)25-39(68)60(37,57)28-65/h12-16,28-29,33-39,41-48,50-52,64,66-68,70-74H,8-11,17-27H2,1-7H3,(H,62,75)(H,63,69)/t29?,33?,34-,35?,36?,37-,38?,39+,41+,42?,43?,44?,45?,46?,47+,48?,50+,51+,52+,55-,56-,57?,58?,59-,60+/m1/s1. The lowest BCUT2D eigenvalue weighted by molar-refractivity contribution is -0.397. The largest absolute Gasteiger partial charge is 0.432 e. The fourth-order valence-electron chi connectivity index (χ4n) is 17.9. The van der Waals surface area contributed by atoms with Crippen molar-refractivity contribution in [2.24, 2.45) is 55.7 Å². The van der Waals surface area contributed by atoms with Crippen molar-refractivity contribution in [3.8, 4) is 0 Å². The first-order chi connectivity index (χ1) is 38.6. The van der Waals surface area contributed by atoms with Crippen molar-refractivity contribution >= 4 is 46.7 Å². The van der Waals surface area contributed by atoms with Gasteiger partial charge in [0, 0.05) is 22.1 Å². The number of ether oxygens (including phenoxy) is 6. The second-order valence-corrected chi connectivity index (χ2v) is 28.5. The van der Waals surface area contributed by atoms with E-state index in [-0.39, 0.29) is 53.3 Å². The Balaban J connectivity index is 0.895. The highest BCUT2D eigenvalue weighted by Crippen LogP contribution is 2.88. The Hall–Kier alpha value is -2.79. The van der Waals surface area contributed by atoms with Crippen LogP contribution in [0.5, 0.6) is 0 Å². The van der Waals surface area contributed by atoms with Gasteiger partial charge in [-0.15, -0.1) is 0 Å². The van der Waals surface area contributed by atoms with Crippen LogP contribution in [0.2, 0.25) is 0 Å². The number of halogens is 1. The number of aldehydes is 1. The van der Waals surface area contributed by atoms with E-state index in [1.54, 1.807) is 12.1 Å². The minimum absolute atomic E-state index is 0.00912. The summed E-state index contributed by atoms with van der Waals surface area (Å²) < 4.78 is 37.5. The van der Waals surface area contributed by atoms with E-state index >= 15 is 4.79 Å². The van der Waals surface area contributed by atoms with Gasteiger partial charge in [-0.25, -0.2) is 0 Å². The minimum atomic E-state index is -1.96. The van der Waals surface area contributed by atoms with E-state index in [2.05, 4.69) is 80.8 Å². The van der Waals surface area contributed by atoms with Crippen LogP contribution >= 0.6 is 22.6 Å². The number of carbonyl (C=O) groups is 4. The maximum Gasteiger partial charge on any atom is 0.317 e. The summed E-state index contributed by atoms with van der Waals surface area (Å²) in [5.74, 6) is -1.98. The molecule has 0 aromatic heterocycles. The highest BCUT2D eigenvalue weighted by atomic mass is 127. The van der Waals surface area contributed by atoms with Crippen LogP contribution in [0.4, 0.5) is 0 Å². The zero-order valence-corrected chi connectivity index (χ0v) is 50.2. The number of allylic oxidation sites excluding steroid dienone is 2. The molecular weight excluding hydrogens is 1180 g/mol. The predicted octanol–water partition coefficient (Wildman–Crippen LogP) is 2.29. The summed E-state index contributed by atoms with van der Waals surface area (Å²) in [4.78, 5) is 54.9. The second-order valence-electron chi connectivity index (χ2n) is 27.3. The minimum Gasteiger partial charge on any atom is -0.432 e. The summed E-state index contributed by atoms with van der Waals surface area (Å²) in [6.45, 7) is 13.9. The average molecular weight is 1270 g/mol. The Morgan fingerprint density at radius 1 is 0.768 bits per heavy atom. The van der Waals surface area contributed by atoms with Gasteiger partial charge in [0.15, 0.2) is 18.7 Å². The SMILES string of the molecule is CC1O[C@@H](OC2C(O)[C@@H](NC(=O)CCCCCNC(=O)c3ccc(I)cc3)C(CO)O[C@H]2OC(=O)[C@]23CCC(C)(C)CC2C2=CCC4C5(C)[C@@H](CC[C@@]4(C)[C@]2(C)CC3O)[C@@]2(C=O)[C@@H](O)CC52C)C(O)C(O)[C@H]1O[C@@H]1OC[C@@H](O)C(O)C1O. The van der Waals surface area contributed by atoms with Gasteiger partial charge in [-0.05, 0) is 163 Å². The zero-order chi connectivity index (χ0) is 59.4. The van der Waals surface area contributed by atoms with Crippen molar-refractivity contribution in [3.05, 3.63) is 45.0 Å². The molecule has 0 bridgehead atoms. The molecule has 10 rings (SSSR count). The number of aliphatic hydroxyl groups excluding tert-OH is 9. The number of hydrogen-bond donors (Lipinski definition) is 11. The maximum atomic E-state index is 15.7. The van der Waals surface area contributed by atoms with Crippen molar-refractivity contribution in [2.45, 2.75) is 224 Å². The van der Waals surface area contributed by atoms with E-state index in [9.17, 15) is 60.3 Å². The lowest BCUT2D eigenvalue weighted by Gasteiger charge is -2.86. The van der Waals surface area contributed by atoms with E-state index < -0.39 is 151 Å². The summed E-state index contributed by atoms with van der Waals surface area (Å²) in [6.07, 6.45) is -14.3. The summed E-state index contributed by atoms with van der Waals surface area (Å²) in [7, 11) is 0. The molecular formula is C60H87IN2O19. The molecule has 25 atom stereocenters. The maximum absolute atomic E-state index is 15.7. The molecule has 3 saturated heterocycles. The highest BCUT2D eigenvalue weighted by molar-refractivity contribution is 14.1. The quantitative estimate of drug-likeness (QED) is 0.0372. The third kappa shape index (κ3) is 9.59. The highest BCUT2D eigenvalue weighted by Gasteiger charge is 2.88. The van der Waals surface area contributed by atoms with Gasteiger partial charge < -0.3 is 89.8 Å². The molecule has 3 aliphatic heterocycles. The topological polar surface area (TPSA) is 330 Å². The summed E-state index contributed by atoms with van der Waals surface area (Å²) >= 11 is 2.16. The van der Waals surface area contributed by atoms with Crippen LogP contribution in [0.15, 0.2) is 35.9 Å². The fraction of sp³-hybridized carbons (Fsp3) is 0.800. The predicted molar refractivity (Wildman–Crippen MR) is 298 cm³/mol. The van der Waals surface area contributed by atoms with Gasteiger partial charge in [0.25, 0.3) is 5.91 Å². The normalized spacial score (nSPS) is 48.2. The van der Waals surface area contributed by atoms with E-state index in [0.29, 0.717) is 57.1 Å². The Morgan fingerprint density at radius 2 is 1.46 bits per heavy atom. The number of rotatable bonds is 16. The first-order valence-electron chi connectivity index (χ1n) is 29.6. The number of unbranched alkanes of at least 4 members (excludes halogenated alkanes) is 2. The third-order valence-corrected chi connectivity index (χ3v) is 23.7. The van der Waals surface area contributed by atoms with Crippen LogP contribution in [0, 0.1) is 59.2 Å². The van der Waals surface area contributed by atoms with Crippen molar-refractivity contribution < 1.29 is 93.6 Å². The molecule has 21 nitrogen and oxygen atoms in total. The van der Waals surface area contributed by atoms with Crippen LogP contribution in [0.25, 0.3) is 0 Å². The van der Waals surface area contributed by atoms with Crippen LogP contribution < -0.4 is 10.6 Å². The molecule has 1 aromatic carbocycles. The summed E-state index contributed by atoms with van der Waals surface area (Å²) in [5, 5.41) is 107. The summed E-state index contributed by atoms with van der Waals surface area (Å²) in [6, 6.07) is 5.76. The Labute approximate surface area is 492 Å². The molecule has 82 heavy (non-hydrogen) atoms. The molecule has 22 heteroatoms. The van der Waals surface area contributed by atoms with E-state index in [1.807, 2.05) is 12.1 Å². The number of aliphatic hydroxyl groups is 9. The van der Waals surface area contributed by atoms with Crippen molar-refractivity contribution in [1.29, 1.82) is 0 Å². The number of hydrogen-bond acceptors (Lipinski definition) is 19. The molecule has 2 amide bonds. The van der Waals surface area contributed by atoms with Crippen LogP contribution in [-0.4, -0.2) is 188 Å². The smallest absolute Gasteiger partial charge is 0.317 e. The van der Waals surface area contributed by atoms with Gasteiger partial charge in [-0.2, -0.15) is 0 Å². The molecule has 6 aliphatic carbocycles. The fourth-order valence-corrected chi connectivity index (χ4v) is 18.3. The molecule has 0 radical (unpaired) electrons. The van der Waals surface area contributed by atoms with Crippen molar-refractivity contribution in [1.82, 2.24) is 10.6 Å². The molecule has 11 N–H and O–H groups in total. The number of esters is 1. The monoisotopic (exact) mass is 1270 g/mol. The molecule has 9 aliphatic rings. The Morgan fingerprint density at radius 3 is 2.15 bits per heavy atom. The van der Waals surface area contributed by atoms with Gasteiger partial charge in [0.1, 0.15) is 60.5 Å². The lowest BCUT2D eigenvalue weighted by atomic mass is 9.17. The first kappa shape index (κ1) is 62.3. The van der Waals surface area contributed by atoms with Crippen molar-refractivity contribution in [2.75, 3.05) is 19.8 Å². The molecule has 0 spiro atoms. The number of benzene rings is 1. The molecule has 3 heterocycles. The Bertz CT molecular complexity index is 2590. The number of carbonyl (C=O) groups excluding carboxylic acids is 4. The Kier molecular flexibility index (Phi) is 17.3. The number of amides is 2. The number of fused-ring (bicyclic) bond motifs is 10. The van der Waals surface area contributed by atoms with Crippen LogP contribution in [0.1, 0.15) is 136 Å². The first-order valence-corrected chi connectivity index (χ1v) is 30.7. The zero-order valence-electron chi connectivity index (χ0n) is 48.0. The molecule has 8 fully saturated rings. The second kappa shape index (κ2) is 22.7. The van der Waals surface area contributed by atoms with Gasteiger partial charge in [-0.3, -0.25) is 14.4 Å².